The molecule has 1 atom stereocenters. The van der Waals surface area contributed by atoms with Gasteiger partial charge in [0.25, 0.3) is 0 Å². The number of hydrogen-bond acceptors (Lipinski definition) is 6. The highest BCUT2D eigenvalue weighted by molar-refractivity contribution is 7.89. The molecule has 2 aliphatic rings. The Balaban J connectivity index is 1.46. The van der Waals surface area contributed by atoms with Crippen molar-refractivity contribution in [3.63, 3.8) is 0 Å². The van der Waals surface area contributed by atoms with Gasteiger partial charge in [-0.1, -0.05) is 0 Å². The molecular formula is C18H27N3O5S. The number of carbonyl (C=O) groups excluding carboxylic acids is 1. The van der Waals surface area contributed by atoms with Gasteiger partial charge in [0, 0.05) is 39.3 Å². The number of nitrogens with one attached hydrogen (secondary N) is 1. The van der Waals surface area contributed by atoms with Crippen molar-refractivity contribution in [1.29, 1.82) is 0 Å². The molecule has 2 aliphatic heterocycles. The predicted molar refractivity (Wildman–Crippen MR) is 100 cm³/mol. The van der Waals surface area contributed by atoms with Crippen molar-refractivity contribution in [3.8, 4) is 5.75 Å². The van der Waals surface area contributed by atoms with Gasteiger partial charge in [0.15, 0.2) is 0 Å². The average molecular weight is 397 g/mol. The van der Waals surface area contributed by atoms with Crippen LogP contribution in [0.5, 0.6) is 5.75 Å². The van der Waals surface area contributed by atoms with Crippen molar-refractivity contribution in [2.75, 3.05) is 53.0 Å². The summed E-state index contributed by atoms with van der Waals surface area (Å²) in [5.41, 5.74) is 0. The number of benzene rings is 1. The van der Waals surface area contributed by atoms with E-state index < -0.39 is 10.0 Å². The molecule has 1 aromatic rings. The van der Waals surface area contributed by atoms with E-state index in [0.717, 1.165) is 19.4 Å². The first-order valence-electron chi connectivity index (χ1n) is 9.24. The Bertz CT molecular complexity index is 724. The monoisotopic (exact) mass is 397 g/mol. The lowest BCUT2D eigenvalue weighted by molar-refractivity contribution is -0.123. The summed E-state index contributed by atoms with van der Waals surface area (Å²) in [4.78, 5) is 14.3. The lowest BCUT2D eigenvalue weighted by Gasteiger charge is -2.33. The van der Waals surface area contributed by atoms with Crippen LogP contribution in [0.1, 0.15) is 12.8 Å². The van der Waals surface area contributed by atoms with Crippen molar-refractivity contribution < 1.29 is 22.7 Å². The van der Waals surface area contributed by atoms with Gasteiger partial charge in [-0.3, -0.25) is 9.69 Å². The van der Waals surface area contributed by atoms with E-state index in [-0.39, 0.29) is 23.5 Å². The minimum Gasteiger partial charge on any atom is -0.497 e. The van der Waals surface area contributed by atoms with Crippen molar-refractivity contribution in [3.05, 3.63) is 24.3 Å². The largest absolute Gasteiger partial charge is 0.497 e. The van der Waals surface area contributed by atoms with Gasteiger partial charge in [-0.2, -0.15) is 4.31 Å². The van der Waals surface area contributed by atoms with Crippen LogP contribution in [0, 0.1) is 0 Å². The lowest BCUT2D eigenvalue weighted by Crippen LogP contribution is -2.51. The molecule has 1 N–H and O–H groups in total. The molecule has 0 radical (unpaired) electrons. The maximum Gasteiger partial charge on any atom is 0.243 e. The van der Waals surface area contributed by atoms with E-state index >= 15 is 0 Å². The summed E-state index contributed by atoms with van der Waals surface area (Å²) in [6.45, 7) is 3.39. The second-order valence-electron chi connectivity index (χ2n) is 6.79. The number of rotatable bonds is 7. The van der Waals surface area contributed by atoms with Crippen LogP contribution in [-0.4, -0.2) is 82.6 Å². The molecule has 0 saturated carbocycles. The quantitative estimate of drug-likeness (QED) is 0.712. The Morgan fingerprint density at radius 2 is 1.93 bits per heavy atom. The number of amides is 1. The number of hydrogen-bond donors (Lipinski definition) is 1. The fourth-order valence-corrected chi connectivity index (χ4v) is 4.74. The topological polar surface area (TPSA) is 88.2 Å². The first-order valence-corrected chi connectivity index (χ1v) is 10.7. The number of methoxy groups -OCH3 is 1. The van der Waals surface area contributed by atoms with Crippen LogP contribution in [0.4, 0.5) is 0 Å². The summed E-state index contributed by atoms with van der Waals surface area (Å²) in [5.74, 6) is 0.574. The van der Waals surface area contributed by atoms with Gasteiger partial charge in [-0.05, 0) is 37.1 Å². The molecule has 2 fully saturated rings. The van der Waals surface area contributed by atoms with E-state index in [2.05, 4.69) is 5.32 Å². The summed E-state index contributed by atoms with van der Waals surface area (Å²) >= 11 is 0. The standard InChI is InChI=1S/C18H27N3O5S/c1-25-15-4-6-17(7-5-15)27(23,24)21-10-8-20(9-11-21)14-18(22)19-13-16-3-2-12-26-16/h4-7,16H,2-3,8-14H2,1H3,(H,19,22)/t16-/m0/s1. The fourth-order valence-electron chi connectivity index (χ4n) is 3.32. The second kappa shape index (κ2) is 9.01. The first kappa shape index (κ1) is 20.1. The number of ether oxygens (including phenoxy) is 2. The maximum atomic E-state index is 12.7. The third kappa shape index (κ3) is 5.19. The lowest BCUT2D eigenvalue weighted by atomic mass is 10.2. The molecule has 150 valence electrons. The molecule has 0 unspecified atom stereocenters. The molecule has 0 aliphatic carbocycles. The molecule has 2 heterocycles. The van der Waals surface area contributed by atoms with Crippen LogP contribution in [0.3, 0.4) is 0 Å². The Hall–Kier alpha value is -1.68. The predicted octanol–water partition coefficient (Wildman–Crippen LogP) is 0.297. The number of sulfonamides is 1. The zero-order valence-corrected chi connectivity index (χ0v) is 16.4. The van der Waals surface area contributed by atoms with E-state index in [1.165, 1.54) is 4.31 Å². The van der Waals surface area contributed by atoms with Gasteiger partial charge in [0.05, 0.1) is 24.7 Å². The van der Waals surface area contributed by atoms with Crippen LogP contribution in [0.25, 0.3) is 0 Å². The molecular weight excluding hydrogens is 370 g/mol. The minimum atomic E-state index is -3.53. The molecule has 8 nitrogen and oxygen atoms in total. The molecule has 3 rings (SSSR count). The van der Waals surface area contributed by atoms with E-state index in [1.807, 2.05) is 4.90 Å². The average Bonchev–Trinajstić information content (AvgIpc) is 3.20. The molecule has 27 heavy (non-hydrogen) atoms. The maximum absolute atomic E-state index is 12.7. The van der Waals surface area contributed by atoms with Crippen LogP contribution in [0.2, 0.25) is 0 Å². The van der Waals surface area contributed by atoms with Gasteiger partial charge >= 0.3 is 0 Å². The van der Waals surface area contributed by atoms with Crippen molar-refractivity contribution in [2.24, 2.45) is 0 Å². The second-order valence-corrected chi connectivity index (χ2v) is 8.73. The molecule has 2 saturated heterocycles. The molecule has 0 aromatic heterocycles. The van der Waals surface area contributed by atoms with Crippen molar-refractivity contribution in [1.82, 2.24) is 14.5 Å². The summed E-state index contributed by atoms with van der Waals surface area (Å²) in [7, 11) is -1.98. The molecule has 1 aromatic carbocycles. The van der Waals surface area contributed by atoms with E-state index in [4.69, 9.17) is 9.47 Å². The normalized spacial score (nSPS) is 21.9. The smallest absolute Gasteiger partial charge is 0.243 e. The number of carbonyl (C=O) groups is 1. The number of piperazine rings is 1. The molecule has 0 bridgehead atoms. The zero-order valence-electron chi connectivity index (χ0n) is 15.6. The Morgan fingerprint density at radius 3 is 2.52 bits per heavy atom. The minimum absolute atomic E-state index is 0.0445. The Kier molecular flexibility index (Phi) is 6.69. The van der Waals surface area contributed by atoms with Crippen LogP contribution in [0.15, 0.2) is 29.2 Å². The molecule has 9 heteroatoms. The number of nitrogens with zero attached hydrogens (tertiary/aromatic N) is 2. The summed E-state index contributed by atoms with van der Waals surface area (Å²) < 4.78 is 37.5. The first-order chi connectivity index (χ1) is 13.0. The molecule has 0 spiro atoms. The third-order valence-corrected chi connectivity index (χ3v) is 6.86. The highest BCUT2D eigenvalue weighted by Gasteiger charge is 2.29. The summed E-state index contributed by atoms with van der Waals surface area (Å²) in [5, 5.41) is 2.90. The van der Waals surface area contributed by atoms with Gasteiger partial charge in [0.1, 0.15) is 5.75 Å². The highest BCUT2D eigenvalue weighted by atomic mass is 32.2. The third-order valence-electron chi connectivity index (χ3n) is 4.95. The SMILES string of the molecule is COc1ccc(S(=O)(=O)N2CCN(CC(=O)NC[C@@H]3CCCO3)CC2)cc1. The van der Waals surface area contributed by atoms with Crippen molar-refractivity contribution >= 4 is 15.9 Å². The molecule has 1 amide bonds. The van der Waals surface area contributed by atoms with Crippen LogP contribution in [-0.2, 0) is 19.6 Å². The Labute approximate surface area is 160 Å². The zero-order chi connectivity index (χ0) is 19.3. The fraction of sp³-hybridized carbons (Fsp3) is 0.611. The van der Waals surface area contributed by atoms with Crippen LogP contribution < -0.4 is 10.1 Å². The Morgan fingerprint density at radius 1 is 1.22 bits per heavy atom. The van der Waals surface area contributed by atoms with E-state index in [1.54, 1.807) is 31.4 Å². The van der Waals surface area contributed by atoms with Gasteiger partial charge in [-0.15, -0.1) is 0 Å². The van der Waals surface area contributed by atoms with Gasteiger partial charge < -0.3 is 14.8 Å². The summed E-state index contributed by atoms with van der Waals surface area (Å²) in [6.07, 6.45) is 2.16. The van der Waals surface area contributed by atoms with E-state index in [0.29, 0.717) is 38.5 Å². The van der Waals surface area contributed by atoms with Crippen molar-refractivity contribution in [2.45, 2.75) is 23.8 Å². The van der Waals surface area contributed by atoms with Crippen LogP contribution >= 0.6 is 0 Å². The summed E-state index contributed by atoms with van der Waals surface area (Å²) in [6, 6.07) is 6.39. The highest BCUT2D eigenvalue weighted by Crippen LogP contribution is 2.20. The van der Waals surface area contributed by atoms with Gasteiger partial charge in [-0.25, -0.2) is 8.42 Å². The van der Waals surface area contributed by atoms with E-state index in [9.17, 15) is 13.2 Å². The van der Waals surface area contributed by atoms with Gasteiger partial charge in [0.2, 0.25) is 15.9 Å².